The fraction of sp³-hybridized carbons (Fsp3) is 0.875. The Kier molecular flexibility index (Phi) is 5.58. The van der Waals surface area contributed by atoms with E-state index in [4.69, 9.17) is 0 Å². The number of hydrogen-bond donors (Lipinski definition) is 0. The van der Waals surface area contributed by atoms with E-state index in [1.54, 1.807) is 0 Å². The zero-order chi connectivity index (χ0) is 12.1. The molecule has 0 aromatic rings. The summed E-state index contributed by atoms with van der Waals surface area (Å²) >= 11 is 0. The number of hydrogen-bond acceptors (Lipinski definition) is 0. The zero-order valence-corrected chi connectivity index (χ0v) is 11.9. The number of allylic oxidation sites excluding steroid dienone is 2. The Hall–Kier alpha value is -0.260. The second kappa shape index (κ2) is 6.47. The van der Waals surface area contributed by atoms with E-state index in [1.807, 2.05) is 0 Å². The standard InChI is InChI=1S/C16H30/c1-12(2)7-6-8-14(4)16-10-9-13(3)11-15(16)5/h7,13-16H,6,8-11H2,1-5H3. The maximum Gasteiger partial charge on any atom is -0.0346 e. The Morgan fingerprint density at radius 1 is 1.25 bits per heavy atom. The second-order valence-electron chi connectivity index (χ2n) is 6.40. The smallest absolute Gasteiger partial charge is 0.0346 e. The molecule has 0 heterocycles. The van der Waals surface area contributed by atoms with Gasteiger partial charge in [-0.3, -0.25) is 0 Å². The third-order valence-corrected chi connectivity index (χ3v) is 4.40. The van der Waals surface area contributed by atoms with E-state index in [-0.39, 0.29) is 0 Å². The van der Waals surface area contributed by atoms with Crippen molar-refractivity contribution < 1.29 is 0 Å². The number of rotatable bonds is 4. The molecule has 94 valence electrons. The maximum atomic E-state index is 2.47. The quantitative estimate of drug-likeness (QED) is 0.555. The van der Waals surface area contributed by atoms with Crippen molar-refractivity contribution in [3.8, 4) is 0 Å². The van der Waals surface area contributed by atoms with Crippen LogP contribution in [0.3, 0.4) is 0 Å². The van der Waals surface area contributed by atoms with E-state index in [0.29, 0.717) is 0 Å². The highest BCUT2D eigenvalue weighted by molar-refractivity contribution is 4.93. The van der Waals surface area contributed by atoms with Crippen LogP contribution >= 0.6 is 0 Å². The Labute approximate surface area is 103 Å². The summed E-state index contributed by atoms with van der Waals surface area (Å²) in [4.78, 5) is 0. The first-order valence-corrected chi connectivity index (χ1v) is 7.14. The topological polar surface area (TPSA) is 0 Å². The Morgan fingerprint density at radius 3 is 2.50 bits per heavy atom. The van der Waals surface area contributed by atoms with E-state index in [2.05, 4.69) is 40.7 Å². The molecule has 1 rings (SSSR count). The maximum absolute atomic E-state index is 2.47. The lowest BCUT2D eigenvalue weighted by Crippen LogP contribution is -2.26. The first-order valence-electron chi connectivity index (χ1n) is 7.14. The highest BCUT2D eigenvalue weighted by atomic mass is 14.3. The molecule has 0 aromatic carbocycles. The van der Waals surface area contributed by atoms with Gasteiger partial charge in [-0.2, -0.15) is 0 Å². The van der Waals surface area contributed by atoms with Crippen molar-refractivity contribution in [2.24, 2.45) is 23.7 Å². The van der Waals surface area contributed by atoms with Crippen LogP contribution in [-0.4, -0.2) is 0 Å². The van der Waals surface area contributed by atoms with E-state index in [0.717, 1.165) is 23.7 Å². The van der Waals surface area contributed by atoms with Gasteiger partial charge in [-0.25, -0.2) is 0 Å². The summed E-state index contributed by atoms with van der Waals surface area (Å²) in [7, 11) is 0. The Morgan fingerprint density at radius 2 is 1.94 bits per heavy atom. The molecule has 0 spiro atoms. The average molecular weight is 222 g/mol. The molecule has 0 bridgehead atoms. The van der Waals surface area contributed by atoms with Gasteiger partial charge in [-0.15, -0.1) is 0 Å². The summed E-state index contributed by atoms with van der Waals surface area (Å²) in [6.45, 7) is 11.8. The lowest BCUT2D eigenvalue weighted by Gasteiger charge is -2.36. The van der Waals surface area contributed by atoms with Crippen molar-refractivity contribution in [3.63, 3.8) is 0 Å². The minimum atomic E-state index is 0.915. The molecule has 0 aromatic heterocycles. The van der Waals surface area contributed by atoms with Gasteiger partial charge in [-0.1, -0.05) is 38.8 Å². The van der Waals surface area contributed by atoms with Crippen molar-refractivity contribution in [2.75, 3.05) is 0 Å². The molecule has 4 unspecified atom stereocenters. The van der Waals surface area contributed by atoms with Crippen molar-refractivity contribution in [1.29, 1.82) is 0 Å². The zero-order valence-electron chi connectivity index (χ0n) is 11.9. The van der Waals surface area contributed by atoms with Gasteiger partial charge in [0.2, 0.25) is 0 Å². The molecule has 4 atom stereocenters. The lowest BCUT2D eigenvalue weighted by atomic mass is 9.69. The van der Waals surface area contributed by atoms with Gasteiger partial charge in [0.15, 0.2) is 0 Å². The molecule has 0 amide bonds. The molecule has 0 saturated heterocycles. The summed E-state index contributed by atoms with van der Waals surface area (Å²) in [5.41, 5.74) is 1.47. The molecule has 16 heavy (non-hydrogen) atoms. The molecule has 0 N–H and O–H groups in total. The fourth-order valence-electron chi connectivity index (χ4n) is 3.38. The molecular weight excluding hydrogens is 192 g/mol. The summed E-state index contributed by atoms with van der Waals surface area (Å²) in [6, 6.07) is 0. The predicted octanol–water partition coefficient (Wildman–Crippen LogP) is 5.44. The minimum absolute atomic E-state index is 0.915. The molecule has 1 fully saturated rings. The van der Waals surface area contributed by atoms with E-state index < -0.39 is 0 Å². The van der Waals surface area contributed by atoms with Crippen LogP contribution in [-0.2, 0) is 0 Å². The fourth-order valence-corrected chi connectivity index (χ4v) is 3.38. The van der Waals surface area contributed by atoms with E-state index >= 15 is 0 Å². The molecule has 1 saturated carbocycles. The highest BCUT2D eigenvalue weighted by Gasteiger charge is 2.28. The Bertz CT molecular complexity index is 222. The monoisotopic (exact) mass is 222 g/mol. The summed E-state index contributed by atoms with van der Waals surface area (Å²) in [5.74, 6) is 3.82. The van der Waals surface area contributed by atoms with Crippen LogP contribution in [0, 0.1) is 23.7 Å². The van der Waals surface area contributed by atoms with Crippen LogP contribution in [0.25, 0.3) is 0 Å². The summed E-state index contributed by atoms with van der Waals surface area (Å²) in [5, 5.41) is 0. The van der Waals surface area contributed by atoms with Crippen LogP contribution in [0.4, 0.5) is 0 Å². The van der Waals surface area contributed by atoms with Gasteiger partial charge in [0.05, 0.1) is 0 Å². The van der Waals surface area contributed by atoms with Crippen molar-refractivity contribution in [2.45, 2.75) is 66.7 Å². The Balaban J connectivity index is 2.35. The van der Waals surface area contributed by atoms with Gasteiger partial charge in [0.25, 0.3) is 0 Å². The summed E-state index contributed by atoms with van der Waals surface area (Å²) < 4.78 is 0. The molecule has 0 heteroatoms. The van der Waals surface area contributed by atoms with Gasteiger partial charge in [0.1, 0.15) is 0 Å². The van der Waals surface area contributed by atoms with Gasteiger partial charge < -0.3 is 0 Å². The van der Waals surface area contributed by atoms with Crippen LogP contribution in [0.5, 0.6) is 0 Å². The van der Waals surface area contributed by atoms with Crippen molar-refractivity contribution in [1.82, 2.24) is 0 Å². The van der Waals surface area contributed by atoms with Crippen LogP contribution in [0.2, 0.25) is 0 Å². The molecule has 1 aliphatic carbocycles. The molecule has 0 aliphatic heterocycles. The SMILES string of the molecule is CC(C)=CCCC(C)C1CCC(C)CC1C. The normalized spacial score (nSPS) is 32.2. The third-order valence-electron chi connectivity index (χ3n) is 4.40. The second-order valence-corrected chi connectivity index (χ2v) is 6.40. The average Bonchev–Trinajstić information content (AvgIpc) is 2.16. The first kappa shape index (κ1) is 13.8. The predicted molar refractivity (Wildman–Crippen MR) is 73.5 cm³/mol. The third kappa shape index (κ3) is 4.31. The van der Waals surface area contributed by atoms with Crippen LogP contribution in [0.15, 0.2) is 11.6 Å². The lowest BCUT2D eigenvalue weighted by molar-refractivity contribution is 0.145. The summed E-state index contributed by atoms with van der Waals surface area (Å²) in [6.07, 6.45) is 9.45. The molecular formula is C16H30. The molecule has 1 aliphatic rings. The van der Waals surface area contributed by atoms with Crippen LogP contribution in [0.1, 0.15) is 66.7 Å². The van der Waals surface area contributed by atoms with Gasteiger partial charge in [-0.05, 0) is 63.2 Å². The van der Waals surface area contributed by atoms with Gasteiger partial charge >= 0.3 is 0 Å². The molecule has 0 radical (unpaired) electrons. The minimum Gasteiger partial charge on any atom is -0.0859 e. The van der Waals surface area contributed by atoms with Crippen molar-refractivity contribution in [3.05, 3.63) is 11.6 Å². The van der Waals surface area contributed by atoms with Gasteiger partial charge in [0, 0.05) is 0 Å². The highest BCUT2D eigenvalue weighted by Crippen LogP contribution is 2.39. The first-order chi connectivity index (χ1) is 7.50. The van der Waals surface area contributed by atoms with E-state index in [1.165, 1.54) is 37.7 Å². The largest absolute Gasteiger partial charge is 0.0859 e. The van der Waals surface area contributed by atoms with Crippen molar-refractivity contribution >= 4 is 0 Å². The van der Waals surface area contributed by atoms with E-state index in [9.17, 15) is 0 Å². The molecule has 0 nitrogen and oxygen atoms in total. The van der Waals surface area contributed by atoms with Crippen LogP contribution < -0.4 is 0 Å².